The molecule has 0 bridgehead atoms. The van der Waals surface area contributed by atoms with Gasteiger partial charge in [-0.2, -0.15) is 5.26 Å². The summed E-state index contributed by atoms with van der Waals surface area (Å²) in [6, 6.07) is 3.08. The van der Waals surface area contributed by atoms with Crippen LogP contribution >= 0.6 is 0 Å². The minimum Gasteiger partial charge on any atom is -0.301 e. The smallest absolute Gasteiger partial charge is 0.108 e. The summed E-state index contributed by atoms with van der Waals surface area (Å²) in [6.45, 7) is 5.61. The highest BCUT2D eigenvalue weighted by Gasteiger charge is 2.26. The summed E-state index contributed by atoms with van der Waals surface area (Å²) in [5.41, 5.74) is 0. The van der Waals surface area contributed by atoms with Crippen LogP contribution in [0.5, 0.6) is 0 Å². The first kappa shape index (κ1) is 11.9. The third-order valence-corrected chi connectivity index (χ3v) is 3.72. The highest BCUT2D eigenvalue weighted by atomic mass is 15.2. The van der Waals surface area contributed by atoms with E-state index in [2.05, 4.69) is 23.2 Å². The van der Waals surface area contributed by atoms with Gasteiger partial charge in [-0.25, -0.2) is 0 Å². The highest BCUT2D eigenvalue weighted by Crippen LogP contribution is 2.20. The summed E-state index contributed by atoms with van der Waals surface area (Å²) in [7, 11) is 0. The molecule has 2 atom stereocenters. The van der Waals surface area contributed by atoms with E-state index in [0.717, 1.165) is 12.5 Å². The van der Waals surface area contributed by atoms with E-state index in [-0.39, 0.29) is 6.04 Å². The first-order chi connectivity index (χ1) is 7.78. The average molecular weight is 221 g/mol. The van der Waals surface area contributed by atoms with Crippen molar-refractivity contribution in [1.82, 2.24) is 10.2 Å². The second kappa shape index (κ2) is 5.65. The zero-order chi connectivity index (χ0) is 11.4. The fraction of sp³-hybridized carbons (Fsp3) is 0.923. The van der Waals surface area contributed by atoms with Crippen molar-refractivity contribution in [2.75, 3.05) is 19.6 Å². The molecule has 1 saturated carbocycles. The van der Waals surface area contributed by atoms with Gasteiger partial charge in [-0.3, -0.25) is 5.32 Å². The van der Waals surface area contributed by atoms with Gasteiger partial charge in [-0.15, -0.1) is 0 Å². The molecule has 2 aliphatic rings. The maximum Gasteiger partial charge on any atom is 0.108 e. The van der Waals surface area contributed by atoms with Crippen LogP contribution in [0.4, 0.5) is 0 Å². The lowest BCUT2D eigenvalue weighted by Crippen LogP contribution is -2.41. The van der Waals surface area contributed by atoms with Crippen LogP contribution in [0, 0.1) is 17.2 Å². The lowest BCUT2D eigenvalue weighted by atomic mass is 10.0. The topological polar surface area (TPSA) is 39.1 Å². The van der Waals surface area contributed by atoms with Crippen LogP contribution in [0.1, 0.15) is 39.0 Å². The Kier molecular flexibility index (Phi) is 4.20. The molecule has 0 aromatic carbocycles. The molecule has 3 heteroatoms. The molecule has 90 valence electrons. The summed E-state index contributed by atoms with van der Waals surface area (Å²) in [4.78, 5) is 2.47. The van der Waals surface area contributed by atoms with E-state index >= 15 is 0 Å². The highest BCUT2D eigenvalue weighted by molar-refractivity contribution is 4.97. The third kappa shape index (κ3) is 3.77. The molecule has 0 spiro atoms. The Hall–Kier alpha value is -0.590. The summed E-state index contributed by atoms with van der Waals surface area (Å²) >= 11 is 0. The maximum atomic E-state index is 9.12. The minimum absolute atomic E-state index is 0.0425. The van der Waals surface area contributed by atoms with Gasteiger partial charge in [0.2, 0.25) is 0 Å². The molecule has 1 aliphatic heterocycles. The van der Waals surface area contributed by atoms with Crippen LogP contribution in [-0.2, 0) is 0 Å². The Balaban J connectivity index is 1.75. The molecular formula is C13H23N3. The van der Waals surface area contributed by atoms with Crippen molar-refractivity contribution in [3.05, 3.63) is 0 Å². The van der Waals surface area contributed by atoms with Gasteiger partial charge < -0.3 is 4.90 Å². The summed E-state index contributed by atoms with van der Waals surface area (Å²) in [6.07, 6.45) is 6.46. The number of likely N-dealkylation sites (tertiary alicyclic amines) is 1. The SMILES string of the molecule is CC1CCCN(CC(C#N)NC2CC2)CC1. The van der Waals surface area contributed by atoms with E-state index in [4.69, 9.17) is 5.26 Å². The molecule has 2 unspecified atom stereocenters. The first-order valence-corrected chi connectivity index (χ1v) is 6.66. The van der Waals surface area contributed by atoms with Gasteiger partial charge in [0.05, 0.1) is 6.07 Å². The maximum absolute atomic E-state index is 9.12. The molecule has 1 N–H and O–H groups in total. The van der Waals surface area contributed by atoms with Gasteiger partial charge >= 0.3 is 0 Å². The summed E-state index contributed by atoms with van der Waals surface area (Å²) in [5.74, 6) is 0.863. The molecule has 2 fully saturated rings. The molecule has 2 rings (SSSR count). The van der Waals surface area contributed by atoms with Gasteiger partial charge in [0.25, 0.3) is 0 Å². The Morgan fingerprint density at radius 3 is 2.81 bits per heavy atom. The van der Waals surface area contributed by atoms with Gasteiger partial charge in [-0.05, 0) is 51.1 Å². The molecule has 1 aliphatic carbocycles. The number of hydrogen-bond acceptors (Lipinski definition) is 3. The van der Waals surface area contributed by atoms with Gasteiger partial charge in [-0.1, -0.05) is 6.92 Å². The van der Waals surface area contributed by atoms with Gasteiger partial charge in [0, 0.05) is 12.6 Å². The molecule has 0 aromatic heterocycles. The Morgan fingerprint density at radius 1 is 1.31 bits per heavy atom. The second-order valence-electron chi connectivity index (χ2n) is 5.46. The molecule has 1 saturated heterocycles. The lowest BCUT2D eigenvalue weighted by molar-refractivity contribution is 0.264. The van der Waals surface area contributed by atoms with Crippen LogP contribution in [0.3, 0.4) is 0 Å². The van der Waals surface area contributed by atoms with Gasteiger partial charge in [0.15, 0.2) is 0 Å². The van der Waals surface area contributed by atoms with Crippen molar-refractivity contribution in [3.63, 3.8) is 0 Å². The number of nitrogens with one attached hydrogen (secondary N) is 1. The zero-order valence-corrected chi connectivity index (χ0v) is 10.3. The van der Waals surface area contributed by atoms with Crippen LogP contribution < -0.4 is 5.32 Å². The molecule has 3 nitrogen and oxygen atoms in total. The number of rotatable bonds is 4. The largest absolute Gasteiger partial charge is 0.301 e. The minimum atomic E-state index is 0.0425. The van der Waals surface area contributed by atoms with Gasteiger partial charge in [0.1, 0.15) is 6.04 Å². The van der Waals surface area contributed by atoms with E-state index in [1.54, 1.807) is 0 Å². The van der Waals surface area contributed by atoms with Crippen molar-refractivity contribution in [2.45, 2.75) is 51.1 Å². The Morgan fingerprint density at radius 2 is 2.12 bits per heavy atom. The molecule has 0 aromatic rings. The molecule has 0 radical (unpaired) electrons. The van der Waals surface area contributed by atoms with Crippen molar-refractivity contribution in [1.29, 1.82) is 5.26 Å². The van der Waals surface area contributed by atoms with Crippen molar-refractivity contribution in [3.8, 4) is 6.07 Å². The Bertz CT molecular complexity index is 254. The van der Waals surface area contributed by atoms with Crippen molar-refractivity contribution >= 4 is 0 Å². The molecule has 16 heavy (non-hydrogen) atoms. The predicted molar refractivity (Wildman–Crippen MR) is 65.0 cm³/mol. The average Bonchev–Trinajstić information content (AvgIpc) is 3.08. The third-order valence-electron chi connectivity index (χ3n) is 3.72. The van der Waals surface area contributed by atoms with Crippen molar-refractivity contribution in [2.24, 2.45) is 5.92 Å². The van der Waals surface area contributed by atoms with E-state index in [0.29, 0.717) is 6.04 Å². The number of nitriles is 1. The lowest BCUT2D eigenvalue weighted by Gasteiger charge is -2.23. The Labute approximate surface area is 98.8 Å². The van der Waals surface area contributed by atoms with E-state index in [9.17, 15) is 0 Å². The summed E-state index contributed by atoms with van der Waals surface area (Å²) < 4.78 is 0. The monoisotopic (exact) mass is 221 g/mol. The fourth-order valence-corrected chi connectivity index (χ4v) is 2.43. The summed E-state index contributed by atoms with van der Waals surface area (Å²) in [5, 5.41) is 12.5. The van der Waals surface area contributed by atoms with E-state index in [1.807, 2.05) is 0 Å². The molecule has 1 heterocycles. The second-order valence-corrected chi connectivity index (χ2v) is 5.46. The quantitative estimate of drug-likeness (QED) is 0.786. The first-order valence-electron chi connectivity index (χ1n) is 6.66. The standard InChI is InChI=1S/C13H23N3/c1-11-3-2-7-16(8-6-11)10-13(9-14)15-12-4-5-12/h11-13,15H,2-8,10H2,1H3. The fourth-order valence-electron chi connectivity index (χ4n) is 2.43. The van der Waals surface area contributed by atoms with Crippen LogP contribution in [0.2, 0.25) is 0 Å². The molecular weight excluding hydrogens is 198 g/mol. The van der Waals surface area contributed by atoms with Crippen LogP contribution in [0.25, 0.3) is 0 Å². The van der Waals surface area contributed by atoms with E-state index < -0.39 is 0 Å². The van der Waals surface area contributed by atoms with Crippen LogP contribution in [0.15, 0.2) is 0 Å². The molecule has 0 amide bonds. The number of nitrogens with zero attached hydrogens (tertiary/aromatic N) is 2. The van der Waals surface area contributed by atoms with Crippen molar-refractivity contribution < 1.29 is 0 Å². The number of hydrogen-bond donors (Lipinski definition) is 1. The zero-order valence-electron chi connectivity index (χ0n) is 10.3. The predicted octanol–water partition coefficient (Wildman–Crippen LogP) is 1.75. The normalized spacial score (nSPS) is 29.4. The van der Waals surface area contributed by atoms with E-state index in [1.165, 1.54) is 45.2 Å². The van der Waals surface area contributed by atoms with Crippen LogP contribution in [-0.4, -0.2) is 36.6 Å².